The van der Waals surface area contributed by atoms with Crippen LogP contribution in [-0.4, -0.2) is 34.7 Å². The summed E-state index contributed by atoms with van der Waals surface area (Å²) in [4.78, 5) is 46.1. The molecular weight excluding hydrogens is 312 g/mol. The molecule has 0 radical (unpaired) electrons. The van der Waals surface area contributed by atoms with Crippen LogP contribution in [0.3, 0.4) is 0 Å². The molecule has 3 aliphatic carbocycles. The van der Waals surface area contributed by atoms with E-state index in [9.17, 15) is 19.2 Å². The lowest BCUT2D eigenvalue weighted by Gasteiger charge is -2.50. The summed E-state index contributed by atoms with van der Waals surface area (Å²) in [7, 11) is 0. The SMILES string of the molecule is O=CC1(C=O)CCC2C3CCC(C=CC(=O)O)(C3)C21C=CC(=O)O. The van der Waals surface area contributed by atoms with E-state index in [0.717, 1.165) is 18.6 Å². The van der Waals surface area contributed by atoms with Gasteiger partial charge in [-0.2, -0.15) is 0 Å². The number of aldehydes is 2. The van der Waals surface area contributed by atoms with E-state index in [1.54, 1.807) is 6.08 Å². The molecule has 3 rings (SSSR count). The maximum Gasteiger partial charge on any atom is 0.327 e. The van der Waals surface area contributed by atoms with Gasteiger partial charge in [0.2, 0.25) is 0 Å². The highest BCUT2D eigenvalue weighted by Gasteiger charge is 2.74. The van der Waals surface area contributed by atoms with Crippen LogP contribution in [0.25, 0.3) is 0 Å². The molecule has 4 unspecified atom stereocenters. The summed E-state index contributed by atoms with van der Waals surface area (Å²) in [5.74, 6) is -1.92. The first-order valence-corrected chi connectivity index (χ1v) is 8.13. The van der Waals surface area contributed by atoms with Gasteiger partial charge in [0, 0.05) is 17.6 Å². The molecule has 24 heavy (non-hydrogen) atoms. The van der Waals surface area contributed by atoms with Crippen LogP contribution >= 0.6 is 0 Å². The molecule has 6 nitrogen and oxygen atoms in total. The lowest BCUT2D eigenvalue weighted by atomic mass is 9.50. The highest BCUT2D eigenvalue weighted by atomic mass is 16.4. The summed E-state index contributed by atoms with van der Waals surface area (Å²) >= 11 is 0. The molecule has 2 N–H and O–H groups in total. The zero-order chi connectivity index (χ0) is 17.6. The number of carbonyl (C=O) groups excluding carboxylic acids is 2. The first-order valence-electron chi connectivity index (χ1n) is 8.13. The van der Waals surface area contributed by atoms with Gasteiger partial charge in [-0.15, -0.1) is 0 Å². The van der Waals surface area contributed by atoms with Crippen molar-refractivity contribution < 1.29 is 29.4 Å². The lowest BCUT2D eigenvalue weighted by molar-refractivity contribution is -0.137. The number of rotatable bonds is 6. The summed E-state index contributed by atoms with van der Waals surface area (Å²) in [6, 6.07) is 0. The van der Waals surface area contributed by atoms with Gasteiger partial charge in [-0.3, -0.25) is 0 Å². The molecule has 0 amide bonds. The largest absolute Gasteiger partial charge is 0.478 e. The van der Waals surface area contributed by atoms with E-state index in [2.05, 4.69) is 0 Å². The summed E-state index contributed by atoms with van der Waals surface area (Å²) in [6.07, 6.45) is 9.83. The molecule has 6 heteroatoms. The van der Waals surface area contributed by atoms with Crippen LogP contribution in [0, 0.1) is 28.1 Å². The molecule has 4 atom stereocenters. The highest BCUT2D eigenvalue weighted by Crippen LogP contribution is 2.78. The number of hydrogen-bond donors (Lipinski definition) is 2. The van der Waals surface area contributed by atoms with Crippen LogP contribution in [-0.2, 0) is 19.2 Å². The van der Waals surface area contributed by atoms with Gasteiger partial charge in [0.05, 0.1) is 5.41 Å². The molecule has 128 valence electrons. The number of carboxylic acid groups (broad SMARTS) is 2. The van der Waals surface area contributed by atoms with Gasteiger partial charge in [-0.25, -0.2) is 9.59 Å². The molecule has 0 saturated heterocycles. The molecule has 0 aliphatic heterocycles. The van der Waals surface area contributed by atoms with Gasteiger partial charge in [-0.05, 0) is 49.4 Å². The van der Waals surface area contributed by atoms with E-state index in [0.29, 0.717) is 38.3 Å². The predicted octanol–water partition coefficient (Wildman–Crippen LogP) is 1.85. The van der Waals surface area contributed by atoms with E-state index in [1.807, 2.05) is 0 Å². The van der Waals surface area contributed by atoms with Crippen molar-refractivity contribution in [3.63, 3.8) is 0 Å². The predicted molar refractivity (Wildman–Crippen MR) is 83.0 cm³/mol. The molecule has 3 fully saturated rings. The third kappa shape index (κ3) is 1.88. The van der Waals surface area contributed by atoms with E-state index >= 15 is 0 Å². The fourth-order valence-corrected chi connectivity index (χ4v) is 5.96. The van der Waals surface area contributed by atoms with Crippen LogP contribution < -0.4 is 0 Å². The number of fused-ring (bicyclic) bond motifs is 5. The van der Waals surface area contributed by atoms with Crippen molar-refractivity contribution >= 4 is 24.5 Å². The van der Waals surface area contributed by atoms with Gasteiger partial charge in [0.15, 0.2) is 0 Å². The van der Waals surface area contributed by atoms with Gasteiger partial charge < -0.3 is 19.8 Å². The zero-order valence-corrected chi connectivity index (χ0v) is 13.2. The smallest absolute Gasteiger partial charge is 0.327 e. The molecule has 2 bridgehead atoms. The van der Waals surface area contributed by atoms with Crippen LogP contribution in [0.15, 0.2) is 24.3 Å². The number of hydrogen-bond acceptors (Lipinski definition) is 4. The topological polar surface area (TPSA) is 109 Å². The molecule has 3 saturated carbocycles. The molecule has 0 heterocycles. The fourth-order valence-electron chi connectivity index (χ4n) is 5.96. The first-order chi connectivity index (χ1) is 11.4. The average Bonchev–Trinajstić information content (AvgIpc) is 3.19. The third-order valence-electron chi connectivity index (χ3n) is 6.66. The Morgan fingerprint density at radius 1 is 0.917 bits per heavy atom. The standard InChI is InChI=1S/C18H20O6/c19-10-17(11-20)6-2-13-12-1-5-16(9-12,7-3-14(21)22)18(13,17)8-4-15(23)24/h3-4,7-8,10-13H,1-2,5-6,9H2,(H,21,22)(H,23,24). The molecule has 0 aromatic heterocycles. The minimum absolute atomic E-state index is 0.0238. The fraction of sp³-hybridized carbons (Fsp3) is 0.556. The Morgan fingerprint density at radius 2 is 1.54 bits per heavy atom. The van der Waals surface area contributed by atoms with Gasteiger partial charge in [0.25, 0.3) is 0 Å². The Hall–Kier alpha value is -2.24. The van der Waals surface area contributed by atoms with Crippen molar-refractivity contribution in [2.75, 3.05) is 0 Å². The second kappa shape index (κ2) is 5.40. The summed E-state index contributed by atoms with van der Waals surface area (Å²) < 4.78 is 0. The Labute approximate surface area is 139 Å². The van der Waals surface area contributed by atoms with Crippen molar-refractivity contribution in [2.45, 2.75) is 32.1 Å². The minimum Gasteiger partial charge on any atom is -0.478 e. The zero-order valence-electron chi connectivity index (χ0n) is 13.2. The summed E-state index contributed by atoms with van der Waals surface area (Å²) in [5, 5.41) is 18.1. The quantitative estimate of drug-likeness (QED) is 0.436. The Bertz CT molecular complexity index is 654. The monoisotopic (exact) mass is 332 g/mol. The molecule has 3 aliphatic rings. The maximum atomic E-state index is 12.0. The summed E-state index contributed by atoms with van der Waals surface area (Å²) in [6.45, 7) is 0. The Morgan fingerprint density at radius 3 is 2.12 bits per heavy atom. The normalized spacial score (nSPS) is 39.3. The molecule has 0 aromatic carbocycles. The number of aliphatic carboxylic acids is 2. The molecule has 0 aromatic rings. The van der Waals surface area contributed by atoms with Crippen LogP contribution in [0.2, 0.25) is 0 Å². The van der Waals surface area contributed by atoms with Gasteiger partial charge >= 0.3 is 11.9 Å². The van der Waals surface area contributed by atoms with E-state index in [-0.39, 0.29) is 11.8 Å². The second-order valence-corrected chi connectivity index (χ2v) is 7.29. The lowest BCUT2D eigenvalue weighted by Crippen LogP contribution is -2.51. The number of allylic oxidation sites excluding steroid dienone is 2. The second-order valence-electron chi connectivity index (χ2n) is 7.29. The van der Waals surface area contributed by atoms with Crippen LogP contribution in [0.4, 0.5) is 0 Å². The van der Waals surface area contributed by atoms with E-state index in [4.69, 9.17) is 10.2 Å². The van der Waals surface area contributed by atoms with Crippen LogP contribution in [0.5, 0.6) is 0 Å². The Kier molecular flexibility index (Phi) is 3.73. The highest BCUT2D eigenvalue weighted by molar-refractivity contribution is 5.88. The van der Waals surface area contributed by atoms with E-state index < -0.39 is 28.2 Å². The summed E-state index contributed by atoms with van der Waals surface area (Å²) in [5.41, 5.74) is -2.90. The van der Waals surface area contributed by atoms with Crippen molar-refractivity contribution in [3.05, 3.63) is 24.3 Å². The molecular formula is C18H20O6. The molecule has 0 spiro atoms. The van der Waals surface area contributed by atoms with Crippen LogP contribution in [0.1, 0.15) is 32.1 Å². The minimum atomic E-state index is -1.29. The van der Waals surface area contributed by atoms with E-state index in [1.165, 1.54) is 6.08 Å². The third-order valence-corrected chi connectivity index (χ3v) is 6.66. The average molecular weight is 332 g/mol. The van der Waals surface area contributed by atoms with Crippen molar-refractivity contribution in [1.82, 2.24) is 0 Å². The number of carboxylic acids is 2. The van der Waals surface area contributed by atoms with Crippen molar-refractivity contribution in [3.8, 4) is 0 Å². The van der Waals surface area contributed by atoms with Crippen molar-refractivity contribution in [1.29, 1.82) is 0 Å². The Balaban J connectivity index is 2.24. The van der Waals surface area contributed by atoms with Gasteiger partial charge in [-0.1, -0.05) is 12.2 Å². The maximum absolute atomic E-state index is 12.0. The van der Waals surface area contributed by atoms with Crippen molar-refractivity contribution in [2.24, 2.45) is 28.1 Å². The number of carbonyl (C=O) groups is 4. The first kappa shape index (κ1) is 16.6. The van der Waals surface area contributed by atoms with Gasteiger partial charge in [0.1, 0.15) is 12.6 Å².